The lowest BCUT2D eigenvalue weighted by Crippen LogP contribution is -1.87. The monoisotopic (exact) mass is 161 g/mol. The Kier molecular flexibility index (Phi) is 2.64. The largest absolute Gasteiger partial charge is 0.872 e. The van der Waals surface area contributed by atoms with Crippen LogP contribution in [0.15, 0.2) is 30.3 Å². The molecule has 1 aromatic carbocycles. The standard InChI is InChI=1S/C10H10O2/c1-8(11)2-3-9-4-6-10(12)7-5-9/h2-7,12H,1H3/p-1/b3-2+. The molecule has 0 radical (unpaired) electrons. The minimum absolute atomic E-state index is 0.00111. The van der Waals surface area contributed by atoms with E-state index in [1.165, 1.54) is 25.1 Å². The minimum atomic E-state index is -0.0185. The van der Waals surface area contributed by atoms with Crippen molar-refractivity contribution >= 4 is 11.9 Å². The van der Waals surface area contributed by atoms with Gasteiger partial charge in [0.15, 0.2) is 5.78 Å². The molecular formula is C10H9O2-. The molecule has 0 saturated heterocycles. The first-order valence-electron chi connectivity index (χ1n) is 3.64. The smallest absolute Gasteiger partial charge is 0.152 e. The molecule has 1 aromatic rings. The molecule has 0 bridgehead atoms. The van der Waals surface area contributed by atoms with Crippen molar-refractivity contribution in [3.8, 4) is 5.75 Å². The van der Waals surface area contributed by atoms with Crippen molar-refractivity contribution in [3.63, 3.8) is 0 Å². The van der Waals surface area contributed by atoms with Gasteiger partial charge in [-0.05, 0) is 18.6 Å². The molecule has 0 saturated carbocycles. The predicted octanol–water partition coefficient (Wildman–Crippen LogP) is 1.36. The summed E-state index contributed by atoms with van der Waals surface area (Å²) >= 11 is 0. The second kappa shape index (κ2) is 3.72. The van der Waals surface area contributed by atoms with Crippen LogP contribution in [0.1, 0.15) is 12.5 Å². The molecule has 2 heteroatoms. The number of hydrogen-bond acceptors (Lipinski definition) is 2. The van der Waals surface area contributed by atoms with Gasteiger partial charge in [-0.15, -0.1) is 5.75 Å². The molecule has 0 fully saturated rings. The van der Waals surface area contributed by atoms with E-state index >= 15 is 0 Å². The number of benzene rings is 1. The molecule has 1 rings (SSSR count). The summed E-state index contributed by atoms with van der Waals surface area (Å²) in [6, 6.07) is 6.31. The molecule has 0 atom stereocenters. The first-order valence-corrected chi connectivity index (χ1v) is 3.64. The molecule has 0 aromatic heterocycles. The van der Waals surface area contributed by atoms with Gasteiger partial charge in [-0.1, -0.05) is 30.3 Å². The van der Waals surface area contributed by atoms with Gasteiger partial charge in [0.1, 0.15) is 0 Å². The zero-order valence-electron chi connectivity index (χ0n) is 6.78. The fraction of sp³-hybridized carbons (Fsp3) is 0.100. The Morgan fingerprint density at radius 3 is 2.42 bits per heavy atom. The van der Waals surface area contributed by atoms with Gasteiger partial charge >= 0.3 is 0 Å². The van der Waals surface area contributed by atoms with E-state index in [0.717, 1.165) is 5.56 Å². The lowest BCUT2D eigenvalue weighted by atomic mass is 10.2. The Labute approximate surface area is 71.2 Å². The molecule has 0 N–H and O–H groups in total. The lowest BCUT2D eigenvalue weighted by molar-refractivity contribution is -0.268. The average Bonchev–Trinajstić information content (AvgIpc) is 2.03. The van der Waals surface area contributed by atoms with E-state index in [9.17, 15) is 9.90 Å². The molecule has 0 spiro atoms. The molecular weight excluding hydrogens is 152 g/mol. The quantitative estimate of drug-likeness (QED) is 0.614. The van der Waals surface area contributed by atoms with Gasteiger partial charge < -0.3 is 5.11 Å². The van der Waals surface area contributed by atoms with Crippen LogP contribution in [0.5, 0.6) is 5.75 Å². The predicted molar refractivity (Wildman–Crippen MR) is 45.6 cm³/mol. The second-order valence-electron chi connectivity index (χ2n) is 2.51. The Morgan fingerprint density at radius 1 is 1.33 bits per heavy atom. The third-order valence-electron chi connectivity index (χ3n) is 1.39. The fourth-order valence-electron chi connectivity index (χ4n) is 0.793. The summed E-state index contributed by atoms with van der Waals surface area (Å²) in [5.74, 6) is -0.0174. The lowest BCUT2D eigenvalue weighted by Gasteiger charge is -2.02. The highest BCUT2D eigenvalue weighted by Gasteiger charge is 1.85. The van der Waals surface area contributed by atoms with Gasteiger partial charge in [0, 0.05) is 0 Å². The zero-order valence-corrected chi connectivity index (χ0v) is 6.78. The van der Waals surface area contributed by atoms with Crippen molar-refractivity contribution in [1.82, 2.24) is 0 Å². The van der Waals surface area contributed by atoms with Crippen molar-refractivity contribution in [2.45, 2.75) is 6.92 Å². The van der Waals surface area contributed by atoms with Gasteiger partial charge in [-0.25, -0.2) is 0 Å². The van der Waals surface area contributed by atoms with E-state index in [1.54, 1.807) is 18.2 Å². The van der Waals surface area contributed by atoms with E-state index in [2.05, 4.69) is 0 Å². The highest BCUT2D eigenvalue weighted by atomic mass is 16.3. The Bertz CT molecular complexity index is 296. The van der Waals surface area contributed by atoms with Crippen LogP contribution >= 0.6 is 0 Å². The summed E-state index contributed by atoms with van der Waals surface area (Å²) < 4.78 is 0. The fourth-order valence-corrected chi connectivity index (χ4v) is 0.793. The van der Waals surface area contributed by atoms with Gasteiger partial charge in [0.05, 0.1) is 0 Å². The van der Waals surface area contributed by atoms with Gasteiger partial charge in [-0.3, -0.25) is 4.79 Å². The Balaban J connectivity index is 2.77. The SMILES string of the molecule is CC(=O)/C=C/c1ccc([O-])cc1. The maximum absolute atomic E-state index is 10.7. The number of hydrogen-bond donors (Lipinski definition) is 0. The third-order valence-corrected chi connectivity index (χ3v) is 1.39. The van der Waals surface area contributed by atoms with Crippen LogP contribution in [0.2, 0.25) is 0 Å². The summed E-state index contributed by atoms with van der Waals surface area (Å²) in [6.07, 6.45) is 3.15. The van der Waals surface area contributed by atoms with Crippen LogP contribution < -0.4 is 5.11 Å². The van der Waals surface area contributed by atoms with E-state index in [0.29, 0.717) is 0 Å². The molecule has 0 heterocycles. The number of carbonyl (C=O) groups is 1. The molecule has 0 aliphatic heterocycles. The summed E-state index contributed by atoms with van der Waals surface area (Å²) in [7, 11) is 0. The van der Waals surface area contributed by atoms with Crippen molar-refractivity contribution in [2.75, 3.05) is 0 Å². The van der Waals surface area contributed by atoms with Crippen LogP contribution in [0, 0.1) is 0 Å². The summed E-state index contributed by atoms with van der Waals surface area (Å²) in [5, 5.41) is 10.7. The summed E-state index contributed by atoms with van der Waals surface area (Å²) in [5.41, 5.74) is 0.866. The van der Waals surface area contributed by atoms with Crippen molar-refractivity contribution in [2.24, 2.45) is 0 Å². The number of allylic oxidation sites excluding steroid dienone is 1. The summed E-state index contributed by atoms with van der Waals surface area (Å²) in [6.45, 7) is 1.48. The first kappa shape index (κ1) is 8.53. The number of rotatable bonds is 2. The molecule has 2 nitrogen and oxygen atoms in total. The third kappa shape index (κ3) is 2.58. The van der Waals surface area contributed by atoms with Gasteiger partial charge in [0.2, 0.25) is 0 Å². The number of ketones is 1. The molecule has 0 unspecified atom stereocenters. The molecule has 62 valence electrons. The Morgan fingerprint density at radius 2 is 1.92 bits per heavy atom. The number of carbonyl (C=O) groups excluding carboxylic acids is 1. The molecule has 0 amide bonds. The van der Waals surface area contributed by atoms with Crippen molar-refractivity contribution in [3.05, 3.63) is 35.9 Å². The van der Waals surface area contributed by atoms with Crippen LogP contribution in [0.4, 0.5) is 0 Å². The Hall–Kier alpha value is -1.57. The van der Waals surface area contributed by atoms with Crippen molar-refractivity contribution in [1.29, 1.82) is 0 Å². The normalized spacial score (nSPS) is 10.4. The van der Waals surface area contributed by atoms with E-state index in [1.807, 2.05) is 0 Å². The topological polar surface area (TPSA) is 40.1 Å². The zero-order chi connectivity index (χ0) is 8.97. The van der Waals surface area contributed by atoms with E-state index < -0.39 is 0 Å². The van der Waals surface area contributed by atoms with Crippen LogP contribution in [-0.2, 0) is 4.79 Å². The molecule has 12 heavy (non-hydrogen) atoms. The maximum Gasteiger partial charge on any atom is 0.152 e. The maximum atomic E-state index is 10.7. The van der Waals surface area contributed by atoms with Gasteiger partial charge in [-0.2, -0.15) is 0 Å². The molecule has 0 aliphatic rings. The van der Waals surface area contributed by atoms with Crippen LogP contribution in [0.25, 0.3) is 6.08 Å². The highest BCUT2D eigenvalue weighted by Crippen LogP contribution is 2.07. The van der Waals surface area contributed by atoms with Crippen LogP contribution in [-0.4, -0.2) is 5.78 Å². The van der Waals surface area contributed by atoms with Crippen molar-refractivity contribution < 1.29 is 9.90 Å². The second-order valence-corrected chi connectivity index (χ2v) is 2.51. The molecule has 0 aliphatic carbocycles. The van der Waals surface area contributed by atoms with Gasteiger partial charge in [0.25, 0.3) is 0 Å². The van der Waals surface area contributed by atoms with E-state index in [-0.39, 0.29) is 11.5 Å². The average molecular weight is 161 g/mol. The van der Waals surface area contributed by atoms with E-state index in [4.69, 9.17) is 0 Å². The first-order chi connectivity index (χ1) is 5.68. The minimum Gasteiger partial charge on any atom is -0.872 e. The highest BCUT2D eigenvalue weighted by molar-refractivity contribution is 5.91. The van der Waals surface area contributed by atoms with Crippen LogP contribution in [0.3, 0.4) is 0 Å². The summed E-state index contributed by atoms with van der Waals surface area (Å²) in [4.78, 5) is 10.5.